The van der Waals surface area contributed by atoms with Crippen LogP contribution in [0.25, 0.3) is 32.1 Å². The lowest BCUT2D eigenvalue weighted by Crippen LogP contribution is -2.35. The van der Waals surface area contributed by atoms with Gasteiger partial charge in [-0.3, -0.25) is 0 Å². The van der Waals surface area contributed by atoms with Gasteiger partial charge in [0.1, 0.15) is 40.4 Å². The zero-order valence-electron chi connectivity index (χ0n) is 22.3. The number of anilines is 2. The smallest absolute Gasteiger partial charge is 0.417 e. The van der Waals surface area contributed by atoms with E-state index in [4.69, 9.17) is 19.9 Å². The van der Waals surface area contributed by atoms with E-state index in [0.717, 1.165) is 18.2 Å². The van der Waals surface area contributed by atoms with Crippen molar-refractivity contribution in [3.05, 3.63) is 41.0 Å². The molecule has 216 valence electrons. The summed E-state index contributed by atoms with van der Waals surface area (Å²) in [6.07, 6.45) is -5.93. The number of thiophene rings is 1. The van der Waals surface area contributed by atoms with Crippen LogP contribution in [0, 0.1) is 23.0 Å². The summed E-state index contributed by atoms with van der Waals surface area (Å²) >= 11 is 0.694. The van der Waals surface area contributed by atoms with Crippen LogP contribution in [-0.4, -0.2) is 55.6 Å². The molecule has 0 radical (unpaired) electrons. The summed E-state index contributed by atoms with van der Waals surface area (Å²) in [5.74, 6) is -2.14. The molecule has 41 heavy (non-hydrogen) atoms. The third-order valence-electron chi connectivity index (χ3n) is 7.21. The van der Waals surface area contributed by atoms with Crippen molar-refractivity contribution in [2.24, 2.45) is 0 Å². The number of nitrogens with zero attached hydrogens (tertiary/aromatic N) is 4. The minimum Gasteiger partial charge on any atom is -0.467 e. The molecular weight excluding hydrogens is 569 g/mol. The van der Waals surface area contributed by atoms with E-state index in [-0.39, 0.29) is 50.0 Å². The summed E-state index contributed by atoms with van der Waals surface area (Å²) in [6, 6.07) is 3.79. The summed E-state index contributed by atoms with van der Waals surface area (Å²) < 4.78 is 91.6. The average molecular weight is 594 g/mol. The van der Waals surface area contributed by atoms with Gasteiger partial charge in [-0.25, -0.2) is 8.78 Å². The number of aromatic nitrogens is 2. The van der Waals surface area contributed by atoms with Gasteiger partial charge in [-0.2, -0.15) is 28.4 Å². The number of ether oxygens (including phenoxy) is 3. The highest BCUT2D eigenvalue weighted by Crippen LogP contribution is 2.48. The van der Waals surface area contributed by atoms with Gasteiger partial charge < -0.3 is 24.8 Å². The number of nitrogen functional groups attached to an aromatic ring is 1. The predicted molar refractivity (Wildman–Crippen MR) is 144 cm³/mol. The van der Waals surface area contributed by atoms with Crippen LogP contribution in [0.15, 0.2) is 18.2 Å². The molecule has 1 saturated heterocycles. The van der Waals surface area contributed by atoms with Crippen LogP contribution in [0.1, 0.15) is 25.0 Å². The Kier molecular flexibility index (Phi) is 7.39. The number of nitriles is 1. The summed E-state index contributed by atoms with van der Waals surface area (Å²) in [4.78, 5) is 10.1. The van der Waals surface area contributed by atoms with Crippen molar-refractivity contribution in [3.8, 4) is 23.2 Å². The molecule has 2 N–H and O–H groups in total. The first-order valence-corrected chi connectivity index (χ1v) is 13.3. The Morgan fingerprint density at radius 1 is 1.22 bits per heavy atom. The molecule has 1 aliphatic heterocycles. The second kappa shape index (κ2) is 10.6. The molecule has 2 aromatic heterocycles. The fourth-order valence-electron chi connectivity index (χ4n) is 5.44. The molecule has 14 heteroatoms. The van der Waals surface area contributed by atoms with Crippen LogP contribution >= 0.6 is 11.3 Å². The lowest BCUT2D eigenvalue weighted by Gasteiger charge is -2.26. The first-order valence-electron chi connectivity index (χ1n) is 12.4. The molecule has 0 aliphatic carbocycles. The Morgan fingerprint density at radius 2 is 1.95 bits per heavy atom. The third-order valence-corrected chi connectivity index (χ3v) is 8.24. The maximum Gasteiger partial charge on any atom is 0.417 e. The molecule has 1 fully saturated rings. The Hall–Kier alpha value is -3.80. The lowest BCUT2D eigenvalue weighted by molar-refractivity contribution is -0.137. The number of nitrogens with two attached hydrogens (primary N) is 1. The van der Waals surface area contributed by atoms with Gasteiger partial charge in [-0.15, -0.1) is 11.3 Å². The highest BCUT2D eigenvalue weighted by Gasteiger charge is 2.43. The summed E-state index contributed by atoms with van der Waals surface area (Å²) in [5.41, 5.74) is 2.59. The minimum absolute atomic E-state index is 0.00120. The van der Waals surface area contributed by atoms with Crippen molar-refractivity contribution in [2.45, 2.75) is 38.3 Å². The molecule has 3 atom stereocenters. The van der Waals surface area contributed by atoms with Crippen molar-refractivity contribution >= 4 is 43.1 Å². The number of hydrogen-bond donors (Lipinski definition) is 1. The van der Waals surface area contributed by atoms with E-state index >= 15 is 4.39 Å². The standard InChI is InChI=1S/C27H24F5N5O3S/c1-5-40-17-10-37(11(2)22(17)38-3)25-13-8-15(27(30,31)32)19(20(29)21(13)35-26(36-25)39-4)12-6-7-16(28)23-18(12)14(9-33)24(34)41-23/h6-8,11,17,22H,5,10,34H2,1-4H3. The number of rotatable bonds is 6. The van der Waals surface area contributed by atoms with Crippen molar-refractivity contribution in [1.29, 1.82) is 5.26 Å². The number of alkyl halides is 3. The molecule has 2 aromatic carbocycles. The maximum absolute atomic E-state index is 16.5. The Bertz CT molecular complexity index is 1700. The Labute approximate surface area is 235 Å². The van der Waals surface area contributed by atoms with Gasteiger partial charge >= 0.3 is 12.2 Å². The first-order chi connectivity index (χ1) is 19.5. The molecule has 0 amide bonds. The maximum atomic E-state index is 16.5. The van der Waals surface area contributed by atoms with E-state index < -0.39 is 52.7 Å². The van der Waals surface area contributed by atoms with Gasteiger partial charge in [0.2, 0.25) is 0 Å². The molecule has 0 saturated carbocycles. The molecule has 3 heterocycles. The van der Waals surface area contributed by atoms with Crippen molar-refractivity contribution < 1.29 is 36.2 Å². The van der Waals surface area contributed by atoms with E-state index in [2.05, 4.69) is 9.97 Å². The van der Waals surface area contributed by atoms with Gasteiger partial charge in [-0.05, 0) is 31.5 Å². The minimum atomic E-state index is -5.06. The van der Waals surface area contributed by atoms with Gasteiger partial charge in [0.25, 0.3) is 0 Å². The molecule has 4 aromatic rings. The molecular formula is C27H24F5N5O3S. The summed E-state index contributed by atoms with van der Waals surface area (Å²) in [7, 11) is 2.75. The normalized spacial score (nSPS) is 19.3. The van der Waals surface area contributed by atoms with E-state index in [9.17, 15) is 22.8 Å². The zero-order chi connectivity index (χ0) is 29.8. The van der Waals surface area contributed by atoms with Crippen LogP contribution in [0.5, 0.6) is 6.01 Å². The van der Waals surface area contributed by atoms with Gasteiger partial charge in [0, 0.05) is 36.6 Å². The lowest BCUT2D eigenvalue weighted by atomic mass is 9.92. The van der Waals surface area contributed by atoms with E-state index in [0.29, 0.717) is 17.9 Å². The topological polar surface area (TPSA) is 107 Å². The second-order valence-electron chi connectivity index (χ2n) is 9.38. The second-order valence-corrected chi connectivity index (χ2v) is 10.4. The zero-order valence-corrected chi connectivity index (χ0v) is 23.1. The van der Waals surface area contributed by atoms with Crippen LogP contribution in [0.3, 0.4) is 0 Å². The number of halogens is 5. The molecule has 5 rings (SSSR count). The van der Waals surface area contributed by atoms with Gasteiger partial charge in [0.05, 0.1) is 29.0 Å². The fourth-order valence-corrected chi connectivity index (χ4v) is 6.39. The quantitative estimate of drug-likeness (QED) is 0.276. The number of methoxy groups -OCH3 is 2. The molecule has 3 unspecified atom stereocenters. The molecule has 8 nitrogen and oxygen atoms in total. The highest BCUT2D eigenvalue weighted by molar-refractivity contribution is 7.23. The van der Waals surface area contributed by atoms with Crippen LogP contribution in [0.4, 0.5) is 32.8 Å². The van der Waals surface area contributed by atoms with Crippen LogP contribution in [0.2, 0.25) is 0 Å². The number of fused-ring (bicyclic) bond motifs is 2. The molecule has 0 bridgehead atoms. The Balaban J connectivity index is 1.86. The third kappa shape index (κ3) is 4.58. The van der Waals surface area contributed by atoms with Crippen molar-refractivity contribution in [3.63, 3.8) is 0 Å². The van der Waals surface area contributed by atoms with Gasteiger partial charge in [0.15, 0.2) is 5.82 Å². The molecule has 0 spiro atoms. The number of hydrogen-bond acceptors (Lipinski definition) is 9. The summed E-state index contributed by atoms with van der Waals surface area (Å²) in [5, 5.41) is 9.13. The van der Waals surface area contributed by atoms with Crippen molar-refractivity contribution in [2.75, 3.05) is 38.0 Å². The van der Waals surface area contributed by atoms with Crippen LogP contribution < -0.4 is 15.4 Å². The van der Waals surface area contributed by atoms with E-state index in [1.807, 2.05) is 0 Å². The Morgan fingerprint density at radius 3 is 2.56 bits per heavy atom. The monoisotopic (exact) mass is 593 g/mol. The average Bonchev–Trinajstić information content (AvgIpc) is 3.44. The summed E-state index contributed by atoms with van der Waals surface area (Å²) in [6.45, 7) is 4.18. The first kappa shape index (κ1) is 28.7. The molecule has 1 aliphatic rings. The van der Waals surface area contributed by atoms with Crippen LogP contribution in [-0.2, 0) is 15.7 Å². The predicted octanol–water partition coefficient (Wildman–Crippen LogP) is 5.90. The fraction of sp³-hybridized carbons (Fsp3) is 0.370. The SMILES string of the molecule is CCOC1CN(c2nc(OC)nc3c(F)c(-c4ccc(F)c5sc(N)c(C#N)c45)c(C(F)(F)F)cc23)C(C)C1OC. The highest BCUT2D eigenvalue weighted by atomic mass is 32.1. The van der Waals surface area contributed by atoms with E-state index in [1.54, 1.807) is 24.8 Å². The van der Waals surface area contributed by atoms with Crippen molar-refractivity contribution in [1.82, 2.24) is 9.97 Å². The van der Waals surface area contributed by atoms with Gasteiger partial charge in [-0.1, -0.05) is 6.07 Å². The largest absolute Gasteiger partial charge is 0.467 e. The van der Waals surface area contributed by atoms with E-state index in [1.165, 1.54) is 14.2 Å². The number of benzene rings is 2.